The predicted molar refractivity (Wildman–Crippen MR) is 109 cm³/mol. The molecule has 1 aromatic heterocycles. The van der Waals surface area contributed by atoms with Gasteiger partial charge >= 0.3 is 6.03 Å². The Kier molecular flexibility index (Phi) is 6.32. The molecular formula is C22H30N4O3. The number of nitrogens with zero attached hydrogens (tertiary/aromatic N) is 3. The molecule has 2 aliphatic carbocycles. The van der Waals surface area contributed by atoms with Crippen molar-refractivity contribution in [1.82, 2.24) is 20.4 Å². The van der Waals surface area contributed by atoms with Gasteiger partial charge in [-0.2, -0.15) is 4.98 Å². The topological polar surface area (TPSA) is 80.5 Å². The molecule has 29 heavy (non-hydrogen) atoms. The molecule has 4 rings (SSSR count). The average Bonchev–Trinajstić information content (AvgIpc) is 3.40. The van der Waals surface area contributed by atoms with Crippen molar-refractivity contribution < 1.29 is 14.1 Å². The third kappa shape index (κ3) is 5.28. The quantitative estimate of drug-likeness (QED) is 0.770. The van der Waals surface area contributed by atoms with E-state index in [1.807, 2.05) is 6.07 Å². The Morgan fingerprint density at radius 3 is 2.90 bits per heavy atom. The van der Waals surface area contributed by atoms with E-state index < -0.39 is 0 Å². The van der Waals surface area contributed by atoms with E-state index in [2.05, 4.69) is 27.6 Å². The Balaban J connectivity index is 1.21. The number of aromatic nitrogens is 2. The van der Waals surface area contributed by atoms with Crippen LogP contribution in [0.1, 0.15) is 61.4 Å². The van der Waals surface area contributed by atoms with E-state index in [4.69, 9.17) is 9.26 Å². The van der Waals surface area contributed by atoms with Crippen molar-refractivity contribution in [2.45, 2.75) is 70.4 Å². The van der Waals surface area contributed by atoms with Crippen LogP contribution in [0.4, 0.5) is 4.79 Å². The van der Waals surface area contributed by atoms with Gasteiger partial charge in [-0.25, -0.2) is 4.79 Å². The summed E-state index contributed by atoms with van der Waals surface area (Å²) in [7, 11) is 1.80. The van der Waals surface area contributed by atoms with Crippen LogP contribution in [0.15, 0.2) is 22.7 Å². The van der Waals surface area contributed by atoms with Crippen LogP contribution in [0.25, 0.3) is 0 Å². The number of hydrogen-bond donors (Lipinski definition) is 1. The SMILES string of the molecule is CN(CCc1noc(COc2ccc3c(c2)CCC3)n1)C(=O)NC1CCCCC1. The zero-order valence-electron chi connectivity index (χ0n) is 17.2. The van der Waals surface area contributed by atoms with Crippen LogP contribution < -0.4 is 10.1 Å². The molecule has 0 aliphatic heterocycles. The monoisotopic (exact) mass is 398 g/mol. The van der Waals surface area contributed by atoms with E-state index in [9.17, 15) is 4.79 Å². The number of ether oxygens (including phenoxy) is 1. The zero-order valence-corrected chi connectivity index (χ0v) is 17.2. The van der Waals surface area contributed by atoms with Gasteiger partial charge in [-0.3, -0.25) is 0 Å². The number of carbonyl (C=O) groups excluding carboxylic acids is 1. The third-order valence-electron chi connectivity index (χ3n) is 5.89. The Hall–Kier alpha value is -2.57. The molecule has 156 valence electrons. The molecule has 0 spiro atoms. The van der Waals surface area contributed by atoms with Gasteiger partial charge < -0.3 is 19.5 Å². The fourth-order valence-electron chi connectivity index (χ4n) is 4.13. The normalized spacial score (nSPS) is 16.4. The number of amides is 2. The largest absolute Gasteiger partial charge is 0.484 e. The number of carbonyl (C=O) groups is 1. The first-order valence-electron chi connectivity index (χ1n) is 10.7. The maximum absolute atomic E-state index is 12.3. The Morgan fingerprint density at radius 1 is 1.21 bits per heavy atom. The summed E-state index contributed by atoms with van der Waals surface area (Å²) in [5, 5.41) is 7.13. The van der Waals surface area contributed by atoms with E-state index in [-0.39, 0.29) is 12.6 Å². The fourth-order valence-corrected chi connectivity index (χ4v) is 4.13. The van der Waals surface area contributed by atoms with Crippen molar-refractivity contribution in [1.29, 1.82) is 0 Å². The molecule has 1 saturated carbocycles. The number of aryl methyl sites for hydroxylation is 2. The van der Waals surface area contributed by atoms with Crippen LogP contribution in [-0.4, -0.2) is 40.7 Å². The summed E-state index contributed by atoms with van der Waals surface area (Å²) < 4.78 is 11.1. The zero-order chi connectivity index (χ0) is 20.1. The standard InChI is InChI=1S/C22H30N4O3/c1-26(22(27)23-18-8-3-2-4-9-18)13-12-20-24-21(29-25-20)15-28-19-11-10-16-6-5-7-17(16)14-19/h10-11,14,18H,2-9,12-13,15H2,1H3,(H,23,27). The Morgan fingerprint density at radius 2 is 2.03 bits per heavy atom. The van der Waals surface area contributed by atoms with Crippen molar-refractivity contribution in [2.75, 3.05) is 13.6 Å². The van der Waals surface area contributed by atoms with Gasteiger partial charge in [0, 0.05) is 26.1 Å². The van der Waals surface area contributed by atoms with Crippen LogP contribution in [-0.2, 0) is 25.9 Å². The van der Waals surface area contributed by atoms with E-state index in [0.717, 1.165) is 31.4 Å². The van der Waals surface area contributed by atoms with Gasteiger partial charge in [0.05, 0.1) is 0 Å². The Labute approximate surface area is 171 Å². The minimum Gasteiger partial charge on any atom is -0.484 e. The van der Waals surface area contributed by atoms with Crippen molar-refractivity contribution >= 4 is 6.03 Å². The lowest BCUT2D eigenvalue weighted by Gasteiger charge is -2.26. The van der Waals surface area contributed by atoms with Crippen molar-refractivity contribution in [3.8, 4) is 5.75 Å². The van der Waals surface area contributed by atoms with E-state index >= 15 is 0 Å². The molecular weight excluding hydrogens is 368 g/mol. The van der Waals surface area contributed by atoms with Gasteiger partial charge in [0.2, 0.25) is 0 Å². The lowest BCUT2D eigenvalue weighted by molar-refractivity contribution is 0.200. The third-order valence-corrected chi connectivity index (χ3v) is 5.89. The average molecular weight is 399 g/mol. The van der Waals surface area contributed by atoms with E-state index in [1.54, 1.807) is 11.9 Å². The number of fused-ring (bicyclic) bond motifs is 1. The molecule has 2 aromatic rings. The highest BCUT2D eigenvalue weighted by atomic mass is 16.5. The van der Waals surface area contributed by atoms with Crippen molar-refractivity contribution in [3.05, 3.63) is 41.0 Å². The van der Waals surface area contributed by atoms with Gasteiger partial charge in [-0.1, -0.05) is 30.5 Å². The number of hydrogen-bond acceptors (Lipinski definition) is 5. The molecule has 2 aliphatic rings. The van der Waals surface area contributed by atoms with E-state index in [0.29, 0.717) is 30.7 Å². The highest BCUT2D eigenvalue weighted by Crippen LogP contribution is 2.26. The number of benzene rings is 1. The van der Waals surface area contributed by atoms with Crippen molar-refractivity contribution in [3.63, 3.8) is 0 Å². The van der Waals surface area contributed by atoms with E-state index in [1.165, 1.54) is 36.8 Å². The highest BCUT2D eigenvalue weighted by molar-refractivity contribution is 5.74. The van der Waals surface area contributed by atoms with Crippen molar-refractivity contribution in [2.24, 2.45) is 0 Å². The van der Waals surface area contributed by atoms with Crippen LogP contribution in [0.3, 0.4) is 0 Å². The summed E-state index contributed by atoms with van der Waals surface area (Å²) in [6.45, 7) is 0.799. The maximum Gasteiger partial charge on any atom is 0.317 e. The number of urea groups is 1. The van der Waals surface area contributed by atoms with Gasteiger partial charge in [0.15, 0.2) is 12.4 Å². The lowest BCUT2D eigenvalue weighted by atomic mass is 9.96. The van der Waals surface area contributed by atoms with Crippen LogP contribution in [0.2, 0.25) is 0 Å². The van der Waals surface area contributed by atoms with Gasteiger partial charge in [-0.15, -0.1) is 0 Å². The molecule has 1 N–H and O–H groups in total. The Bertz CT molecular complexity index is 829. The second-order valence-corrected chi connectivity index (χ2v) is 8.13. The summed E-state index contributed by atoms with van der Waals surface area (Å²) >= 11 is 0. The second-order valence-electron chi connectivity index (χ2n) is 8.13. The minimum atomic E-state index is -0.0273. The molecule has 1 heterocycles. The first-order valence-corrected chi connectivity index (χ1v) is 10.7. The molecule has 0 atom stereocenters. The molecule has 7 heteroatoms. The summed E-state index contributed by atoms with van der Waals surface area (Å²) in [6.07, 6.45) is 9.90. The molecule has 1 aromatic carbocycles. The second kappa shape index (κ2) is 9.29. The summed E-state index contributed by atoms with van der Waals surface area (Å²) in [6, 6.07) is 6.54. The first kappa shape index (κ1) is 19.7. The lowest BCUT2D eigenvalue weighted by Crippen LogP contribution is -2.44. The molecule has 1 fully saturated rings. The number of nitrogens with one attached hydrogen (secondary N) is 1. The smallest absolute Gasteiger partial charge is 0.317 e. The minimum absolute atomic E-state index is 0.0273. The molecule has 0 radical (unpaired) electrons. The highest BCUT2D eigenvalue weighted by Gasteiger charge is 2.18. The number of rotatable bonds is 7. The number of likely N-dealkylation sites (N-methyl/N-ethyl adjacent to an activating group) is 1. The summed E-state index contributed by atoms with van der Waals surface area (Å²) in [4.78, 5) is 18.4. The first-order chi connectivity index (χ1) is 14.2. The maximum atomic E-state index is 12.3. The van der Waals surface area contributed by atoms with Gasteiger partial charge in [0.1, 0.15) is 5.75 Å². The van der Waals surface area contributed by atoms with Crippen LogP contribution in [0.5, 0.6) is 5.75 Å². The molecule has 0 unspecified atom stereocenters. The van der Waals surface area contributed by atoms with Gasteiger partial charge in [0.25, 0.3) is 5.89 Å². The predicted octanol–water partition coefficient (Wildman–Crippen LogP) is 3.65. The molecule has 7 nitrogen and oxygen atoms in total. The summed E-state index contributed by atoms with van der Waals surface area (Å²) in [5.41, 5.74) is 2.80. The van der Waals surface area contributed by atoms with Gasteiger partial charge in [-0.05, 0) is 55.4 Å². The molecule has 0 bridgehead atoms. The fraction of sp³-hybridized carbons (Fsp3) is 0.591. The molecule has 2 amide bonds. The summed E-state index contributed by atoms with van der Waals surface area (Å²) in [5.74, 6) is 1.88. The van der Waals surface area contributed by atoms with Crippen LogP contribution in [0, 0.1) is 0 Å². The van der Waals surface area contributed by atoms with Crippen LogP contribution >= 0.6 is 0 Å². The molecule has 0 saturated heterocycles.